The van der Waals surface area contributed by atoms with Gasteiger partial charge in [-0.1, -0.05) is 30.3 Å². The van der Waals surface area contributed by atoms with Crippen LogP contribution in [0.1, 0.15) is 29.5 Å². The van der Waals surface area contributed by atoms with E-state index in [1.54, 1.807) is 6.07 Å². The highest BCUT2D eigenvalue weighted by molar-refractivity contribution is 5.37. The molecule has 0 aliphatic carbocycles. The molecule has 1 heterocycles. The Morgan fingerprint density at radius 1 is 1.15 bits per heavy atom. The molecule has 2 N–H and O–H groups in total. The molecule has 0 spiro atoms. The van der Waals surface area contributed by atoms with Crippen molar-refractivity contribution >= 4 is 0 Å². The van der Waals surface area contributed by atoms with Crippen molar-refractivity contribution in [3.8, 4) is 11.8 Å². The van der Waals surface area contributed by atoms with Crippen molar-refractivity contribution in [1.82, 2.24) is 5.32 Å². The summed E-state index contributed by atoms with van der Waals surface area (Å²) in [5, 5.41) is 22.9. The number of hydrogen-bond donors (Lipinski definition) is 2. The quantitative estimate of drug-likeness (QED) is 0.801. The average Bonchev–Trinajstić information content (AvgIpc) is 2.67. The molecule has 0 radical (unpaired) electrons. The minimum absolute atomic E-state index is 0.361. The van der Waals surface area contributed by atoms with E-state index in [4.69, 9.17) is 14.7 Å². The Bertz CT molecular complexity index is 764. The first-order chi connectivity index (χ1) is 12.7. The van der Waals surface area contributed by atoms with Gasteiger partial charge in [-0.15, -0.1) is 0 Å². The number of benzene rings is 2. The van der Waals surface area contributed by atoms with Crippen molar-refractivity contribution in [3.05, 3.63) is 65.2 Å². The van der Waals surface area contributed by atoms with Gasteiger partial charge in [0.05, 0.1) is 17.2 Å². The maximum atomic E-state index is 10.5. The molecule has 3 rings (SSSR count). The van der Waals surface area contributed by atoms with E-state index in [1.165, 1.54) is 0 Å². The molecule has 1 saturated heterocycles. The highest BCUT2D eigenvalue weighted by Gasteiger charge is 2.29. The monoisotopic (exact) mass is 352 g/mol. The lowest BCUT2D eigenvalue weighted by molar-refractivity contribution is -0.0617. The molecule has 0 bridgehead atoms. The largest absolute Gasteiger partial charge is 0.489 e. The number of nitrogens with zero attached hydrogens (tertiary/aromatic N) is 1. The lowest BCUT2D eigenvalue weighted by Crippen LogP contribution is -2.44. The second-order valence-corrected chi connectivity index (χ2v) is 6.65. The summed E-state index contributed by atoms with van der Waals surface area (Å²) in [5.74, 6) is 0.766. The molecule has 2 aromatic carbocycles. The van der Waals surface area contributed by atoms with Crippen LogP contribution < -0.4 is 10.1 Å². The Hall–Kier alpha value is -2.39. The normalized spacial score (nSPS) is 16.0. The first kappa shape index (κ1) is 18.4. The van der Waals surface area contributed by atoms with Crippen LogP contribution in [0.3, 0.4) is 0 Å². The van der Waals surface area contributed by atoms with Crippen molar-refractivity contribution in [2.75, 3.05) is 19.8 Å². The Balaban J connectivity index is 1.52. The van der Waals surface area contributed by atoms with Crippen LogP contribution in [0.2, 0.25) is 0 Å². The van der Waals surface area contributed by atoms with Gasteiger partial charge in [-0.25, -0.2) is 0 Å². The zero-order chi connectivity index (χ0) is 18.2. The molecule has 5 heteroatoms. The van der Waals surface area contributed by atoms with E-state index in [2.05, 4.69) is 11.4 Å². The summed E-state index contributed by atoms with van der Waals surface area (Å²) in [7, 11) is 0. The third kappa shape index (κ3) is 5.06. The van der Waals surface area contributed by atoms with Gasteiger partial charge < -0.3 is 19.9 Å². The van der Waals surface area contributed by atoms with Crippen molar-refractivity contribution < 1.29 is 14.6 Å². The van der Waals surface area contributed by atoms with Crippen LogP contribution in [0.15, 0.2) is 48.5 Å². The topological polar surface area (TPSA) is 74.5 Å². The Kier molecular flexibility index (Phi) is 6.24. The second-order valence-electron chi connectivity index (χ2n) is 6.65. The van der Waals surface area contributed by atoms with Crippen LogP contribution in [-0.2, 0) is 17.9 Å². The molecule has 0 atom stereocenters. The van der Waals surface area contributed by atoms with Gasteiger partial charge in [0.2, 0.25) is 0 Å². The smallest absolute Gasteiger partial charge is 0.120 e. The third-order valence-electron chi connectivity index (χ3n) is 4.64. The van der Waals surface area contributed by atoms with Gasteiger partial charge in [-0.3, -0.25) is 0 Å². The maximum absolute atomic E-state index is 10.5. The summed E-state index contributed by atoms with van der Waals surface area (Å²) in [6, 6.07) is 17.5. The zero-order valence-electron chi connectivity index (χ0n) is 14.8. The Morgan fingerprint density at radius 2 is 1.96 bits per heavy atom. The highest BCUT2D eigenvalue weighted by atomic mass is 16.5. The summed E-state index contributed by atoms with van der Waals surface area (Å²) in [6.45, 7) is 2.81. The molecule has 2 aromatic rings. The number of hydrogen-bond acceptors (Lipinski definition) is 5. The van der Waals surface area contributed by atoms with E-state index in [9.17, 15) is 5.11 Å². The number of nitriles is 1. The van der Waals surface area contributed by atoms with Gasteiger partial charge in [0, 0.05) is 44.7 Å². The van der Waals surface area contributed by atoms with E-state index >= 15 is 0 Å². The molecule has 136 valence electrons. The van der Waals surface area contributed by atoms with Crippen LogP contribution in [0.25, 0.3) is 0 Å². The fourth-order valence-electron chi connectivity index (χ4n) is 3.03. The first-order valence-corrected chi connectivity index (χ1v) is 8.89. The molecule has 1 fully saturated rings. The minimum Gasteiger partial charge on any atom is -0.489 e. The zero-order valence-corrected chi connectivity index (χ0v) is 14.8. The van der Waals surface area contributed by atoms with E-state index in [-0.39, 0.29) is 0 Å². The summed E-state index contributed by atoms with van der Waals surface area (Å²) in [6.07, 6.45) is 1.34. The van der Waals surface area contributed by atoms with Crippen molar-refractivity contribution in [2.45, 2.75) is 31.6 Å². The lowest BCUT2D eigenvalue weighted by atomic mass is 9.94. The summed E-state index contributed by atoms with van der Waals surface area (Å²) < 4.78 is 11.1. The fraction of sp³-hybridized carbons (Fsp3) is 0.381. The van der Waals surface area contributed by atoms with Crippen LogP contribution >= 0.6 is 0 Å². The molecular weight excluding hydrogens is 328 g/mol. The average molecular weight is 352 g/mol. The van der Waals surface area contributed by atoms with Crippen molar-refractivity contribution in [1.29, 1.82) is 5.26 Å². The molecule has 0 aromatic heterocycles. The fourth-order valence-corrected chi connectivity index (χ4v) is 3.03. The van der Waals surface area contributed by atoms with E-state index in [0.717, 1.165) is 16.9 Å². The number of rotatable bonds is 7. The summed E-state index contributed by atoms with van der Waals surface area (Å²) in [5.41, 5.74) is 1.93. The van der Waals surface area contributed by atoms with Crippen molar-refractivity contribution in [2.24, 2.45) is 0 Å². The van der Waals surface area contributed by atoms with Crippen LogP contribution in [0, 0.1) is 11.3 Å². The predicted octanol–water partition coefficient (Wildman–Crippen LogP) is 2.77. The van der Waals surface area contributed by atoms with Crippen LogP contribution in [0.4, 0.5) is 0 Å². The summed E-state index contributed by atoms with van der Waals surface area (Å²) in [4.78, 5) is 0. The first-order valence-electron chi connectivity index (χ1n) is 8.89. The third-order valence-corrected chi connectivity index (χ3v) is 4.64. The number of ether oxygens (including phenoxy) is 2. The van der Waals surface area contributed by atoms with E-state index in [0.29, 0.717) is 51.3 Å². The second kappa shape index (κ2) is 8.81. The van der Waals surface area contributed by atoms with E-state index in [1.807, 2.05) is 42.5 Å². The van der Waals surface area contributed by atoms with E-state index < -0.39 is 5.60 Å². The minimum atomic E-state index is -0.673. The summed E-state index contributed by atoms with van der Waals surface area (Å²) >= 11 is 0. The van der Waals surface area contributed by atoms with Gasteiger partial charge in [0.1, 0.15) is 12.4 Å². The predicted molar refractivity (Wildman–Crippen MR) is 98.6 cm³/mol. The molecule has 0 amide bonds. The Labute approximate surface area is 154 Å². The van der Waals surface area contributed by atoms with Gasteiger partial charge in [0.25, 0.3) is 0 Å². The molecule has 0 unspecified atom stereocenters. The van der Waals surface area contributed by atoms with Gasteiger partial charge >= 0.3 is 0 Å². The Morgan fingerprint density at radius 3 is 2.77 bits per heavy atom. The maximum Gasteiger partial charge on any atom is 0.120 e. The van der Waals surface area contributed by atoms with Gasteiger partial charge in [-0.2, -0.15) is 5.26 Å². The molecule has 1 aliphatic heterocycles. The molecule has 1 aliphatic rings. The van der Waals surface area contributed by atoms with Gasteiger partial charge in [0.15, 0.2) is 0 Å². The van der Waals surface area contributed by atoms with Crippen molar-refractivity contribution in [3.63, 3.8) is 0 Å². The SMILES string of the molecule is N#Cc1ccccc1COc1cccc(CNCC2(O)CCOCC2)c1. The molecule has 5 nitrogen and oxygen atoms in total. The standard InChI is InChI=1S/C21H24N2O3/c22-13-18-5-1-2-6-19(18)15-26-20-7-3-4-17(12-20)14-23-16-21(24)8-10-25-11-9-21/h1-7,12,23-24H,8-11,14-16H2. The van der Waals surface area contributed by atoms with Crippen LogP contribution in [-0.4, -0.2) is 30.5 Å². The highest BCUT2D eigenvalue weighted by Crippen LogP contribution is 2.20. The lowest BCUT2D eigenvalue weighted by Gasteiger charge is -2.32. The number of nitrogens with one attached hydrogen (secondary N) is 1. The van der Waals surface area contributed by atoms with Crippen LogP contribution in [0.5, 0.6) is 5.75 Å². The molecular formula is C21H24N2O3. The number of aliphatic hydroxyl groups is 1. The molecule has 0 saturated carbocycles. The molecule has 26 heavy (non-hydrogen) atoms. The van der Waals surface area contributed by atoms with Gasteiger partial charge in [-0.05, 0) is 23.8 Å².